The Morgan fingerprint density at radius 3 is 2.43 bits per heavy atom. The van der Waals surface area contributed by atoms with Crippen LogP contribution >= 0.6 is 0 Å². The number of methoxy groups -OCH3 is 1. The largest absolute Gasteiger partial charge is 0.495 e. The van der Waals surface area contributed by atoms with Crippen molar-refractivity contribution in [1.29, 1.82) is 0 Å². The molecule has 30 heavy (non-hydrogen) atoms. The average molecular weight is 415 g/mol. The molecule has 7 nitrogen and oxygen atoms in total. The van der Waals surface area contributed by atoms with Crippen LogP contribution in [0.5, 0.6) is 17.2 Å². The Morgan fingerprint density at radius 2 is 1.73 bits per heavy atom. The molecule has 0 unspecified atom stereocenters. The zero-order chi connectivity index (χ0) is 21.9. The Morgan fingerprint density at radius 1 is 0.967 bits per heavy atom. The normalized spacial score (nSPS) is 10.3. The van der Waals surface area contributed by atoms with Gasteiger partial charge in [0.2, 0.25) is 0 Å². The van der Waals surface area contributed by atoms with Crippen LogP contribution in [-0.2, 0) is 9.53 Å². The van der Waals surface area contributed by atoms with E-state index in [0.717, 1.165) is 18.4 Å². The molecule has 0 radical (unpaired) electrons. The molecule has 0 saturated heterocycles. The molecule has 0 bridgehead atoms. The molecule has 1 amide bonds. The summed E-state index contributed by atoms with van der Waals surface area (Å²) in [6, 6.07) is 10.2. The van der Waals surface area contributed by atoms with E-state index in [9.17, 15) is 9.59 Å². The number of carbonyl (C=O) groups excluding carboxylic acids is 2. The van der Waals surface area contributed by atoms with Gasteiger partial charge in [0.15, 0.2) is 18.1 Å². The SMILES string of the molecule is CCCCOc1ccc(C(=O)OCC(=O)Nc2cc(C)ccc2OC)cc1OCC. The lowest BCUT2D eigenvalue weighted by Gasteiger charge is -2.13. The Kier molecular flexibility index (Phi) is 9.00. The highest BCUT2D eigenvalue weighted by atomic mass is 16.5. The fourth-order valence-corrected chi connectivity index (χ4v) is 2.67. The van der Waals surface area contributed by atoms with Gasteiger partial charge in [0.05, 0.1) is 31.6 Å². The Labute approximate surface area is 177 Å². The zero-order valence-electron chi connectivity index (χ0n) is 17.9. The number of hydrogen-bond donors (Lipinski definition) is 1. The summed E-state index contributed by atoms with van der Waals surface area (Å²) >= 11 is 0. The molecular formula is C23H29NO6. The minimum absolute atomic E-state index is 0.280. The highest BCUT2D eigenvalue weighted by Gasteiger charge is 2.15. The van der Waals surface area contributed by atoms with Crippen molar-refractivity contribution in [1.82, 2.24) is 0 Å². The van der Waals surface area contributed by atoms with E-state index in [1.54, 1.807) is 30.3 Å². The predicted octanol–water partition coefficient (Wildman–Crippen LogP) is 4.38. The lowest BCUT2D eigenvalue weighted by molar-refractivity contribution is -0.119. The fourth-order valence-electron chi connectivity index (χ4n) is 2.67. The molecule has 0 aromatic heterocycles. The summed E-state index contributed by atoms with van der Waals surface area (Å²) in [5, 5.41) is 2.69. The van der Waals surface area contributed by atoms with Crippen molar-refractivity contribution in [2.45, 2.75) is 33.6 Å². The minimum Gasteiger partial charge on any atom is -0.495 e. The van der Waals surface area contributed by atoms with Crippen LogP contribution in [0, 0.1) is 6.92 Å². The first-order valence-electron chi connectivity index (χ1n) is 9.99. The van der Waals surface area contributed by atoms with E-state index >= 15 is 0 Å². The van der Waals surface area contributed by atoms with Crippen molar-refractivity contribution in [3.63, 3.8) is 0 Å². The number of aryl methyl sites for hydroxylation is 1. The van der Waals surface area contributed by atoms with Crippen LogP contribution in [0.2, 0.25) is 0 Å². The van der Waals surface area contributed by atoms with Crippen molar-refractivity contribution in [2.24, 2.45) is 0 Å². The topological polar surface area (TPSA) is 83.1 Å². The number of hydrogen-bond acceptors (Lipinski definition) is 6. The number of rotatable bonds is 11. The van der Waals surface area contributed by atoms with Crippen molar-refractivity contribution < 1.29 is 28.5 Å². The number of unbranched alkanes of at least 4 members (excludes halogenated alkanes) is 1. The van der Waals surface area contributed by atoms with Gasteiger partial charge in [0, 0.05) is 0 Å². The standard InChI is InChI=1S/C23H29NO6/c1-5-7-12-29-20-11-9-17(14-21(20)28-6-2)23(26)30-15-22(25)24-18-13-16(3)8-10-19(18)27-4/h8-11,13-14H,5-7,12,15H2,1-4H3,(H,24,25). The summed E-state index contributed by atoms with van der Waals surface area (Å²) in [5.41, 5.74) is 1.76. The van der Waals surface area contributed by atoms with Crippen molar-refractivity contribution >= 4 is 17.6 Å². The number of anilines is 1. The molecule has 7 heteroatoms. The van der Waals surface area contributed by atoms with Gasteiger partial charge in [-0.15, -0.1) is 0 Å². The first kappa shape index (κ1) is 23.1. The summed E-state index contributed by atoms with van der Waals surface area (Å²) < 4.78 is 21.7. The third kappa shape index (κ3) is 6.69. The van der Waals surface area contributed by atoms with Crippen LogP contribution in [0.4, 0.5) is 5.69 Å². The Hall–Kier alpha value is -3.22. The van der Waals surface area contributed by atoms with Gasteiger partial charge in [-0.05, 0) is 56.2 Å². The van der Waals surface area contributed by atoms with Gasteiger partial charge in [-0.25, -0.2) is 4.79 Å². The summed E-state index contributed by atoms with van der Waals surface area (Å²) in [5.74, 6) is 0.489. The molecular weight excluding hydrogens is 386 g/mol. The van der Waals surface area contributed by atoms with Gasteiger partial charge >= 0.3 is 5.97 Å². The molecule has 2 rings (SSSR count). The molecule has 0 aliphatic heterocycles. The van der Waals surface area contributed by atoms with Crippen LogP contribution in [-0.4, -0.2) is 38.8 Å². The monoisotopic (exact) mass is 415 g/mol. The molecule has 2 aromatic rings. The van der Waals surface area contributed by atoms with Crippen LogP contribution in [0.15, 0.2) is 36.4 Å². The highest BCUT2D eigenvalue weighted by Crippen LogP contribution is 2.29. The third-order valence-corrected chi connectivity index (χ3v) is 4.20. The van der Waals surface area contributed by atoms with E-state index in [2.05, 4.69) is 12.2 Å². The summed E-state index contributed by atoms with van der Waals surface area (Å²) in [6.07, 6.45) is 1.95. The molecule has 1 N–H and O–H groups in total. The molecule has 0 aliphatic rings. The second-order valence-electron chi connectivity index (χ2n) is 6.62. The second-order valence-corrected chi connectivity index (χ2v) is 6.62. The summed E-state index contributed by atoms with van der Waals surface area (Å²) in [6.45, 7) is 6.42. The van der Waals surface area contributed by atoms with E-state index in [1.807, 2.05) is 19.9 Å². The quantitative estimate of drug-likeness (QED) is 0.433. The van der Waals surface area contributed by atoms with Crippen LogP contribution < -0.4 is 19.5 Å². The van der Waals surface area contributed by atoms with E-state index in [1.165, 1.54) is 7.11 Å². The van der Waals surface area contributed by atoms with E-state index < -0.39 is 18.5 Å². The first-order valence-corrected chi connectivity index (χ1v) is 9.99. The van der Waals surface area contributed by atoms with Gasteiger partial charge in [0.1, 0.15) is 5.75 Å². The number of esters is 1. The molecule has 0 fully saturated rings. The van der Waals surface area contributed by atoms with Gasteiger partial charge < -0.3 is 24.3 Å². The van der Waals surface area contributed by atoms with Crippen molar-refractivity contribution in [3.05, 3.63) is 47.5 Å². The van der Waals surface area contributed by atoms with E-state index in [4.69, 9.17) is 18.9 Å². The average Bonchev–Trinajstić information content (AvgIpc) is 2.73. The third-order valence-electron chi connectivity index (χ3n) is 4.20. The van der Waals surface area contributed by atoms with E-state index in [-0.39, 0.29) is 5.56 Å². The van der Waals surface area contributed by atoms with Gasteiger partial charge in [-0.3, -0.25) is 4.79 Å². The second kappa shape index (κ2) is 11.7. The maximum Gasteiger partial charge on any atom is 0.338 e. The van der Waals surface area contributed by atoms with Crippen LogP contribution in [0.3, 0.4) is 0 Å². The molecule has 0 spiro atoms. The zero-order valence-corrected chi connectivity index (χ0v) is 17.9. The van der Waals surface area contributed by atoms with Crippen LogP contribution in [0.1, 0.15) is 42.6 Å². The molecule has 162 valence electrons. The molecule has 0 atom stereocenters. The number of carbonyl (C=O) groups is 2. The maximum atomic E-state index is 12.4. The number of amides is 1. The lowest BCUT2D eigenvalue weighted by Crippen LogP contribution is -2.21. The summed E-state index contributed by atoms with van der Waals surface area (Å²) in [4.78, 5) is 24.6. The molecule has 0 heterocycles. The minimum atomic E-state index is -0.623. The van der Waals surface area contributed by atoms with Crippen LogP contribution in [0.25, 0.3) is 0 Å². The molecule has 2 aromatic carbocycles. The molecule has 0 aliphatic carbocycles. The smallest absolute Gasteiger partial charge is 0.338 e. The summed E-state index contributed by atoms with van der Waals surface area (Å²) in [7, 11) is 1.52. The Balaban J connectivity index is 1.99. The van der Waals surface area contributed by atoms with Gasteiger partial charge in [-0.2, -0.15) is 0 Å². The molecule has 0 saturated carbocycles. The Bertz CT molecular complexity index is 865. The van der Waals surface area contributed by atoms with E-state index in [0.29, 0.717) is 36.1 Å². The van der Waals surface area contributed by atoms with Crippen molar-refractivity contribution in [2.75, 3.05) is 32.2 Å². The maximum absolute atomic E-state index is 12.4. The highest BCUT2D eigenvalue weighted by molar-refractivity contribution is 5.96. The number of ether oxygens (including phenoxy) is 4. The van der Waals surface area contributed by atoms with Gasteiger partial charge in [-0.1, -0.05) is 19.4 Å². The predicted molar refractivity (Wildman–Crippen MR) is 115 cm³/mol. The number of benzene rings is 2. The van der Waals surface area contributed by atoms with Gasteiger partial charge in [0.25, 0.3) is 5.91 Å². The van der Waals surface area contributed by atoms with Crippen molar-refractivity contribution in [3.8, 4) is 17.2 Å². The lowest BCUT2D eigenvalue weighted by atomic mass is 10.2. The first-order chi connectivity index (χ1) is 14.5. The number of nitrogens with one attached hydrogen (secondary N) is 1. The fraction of sp³-hybridized carbons (Fsp3) is 0.391.